The third kappa shape index (κ3) is 63.5. The number of aliphatic hydroxyl groups is 1. The van der Waals surface area contributed by atoms with Gasteiger partial charge in [0.05, 0.1) is 39.9 Å². The molecule has 0 heterocycles. The number of phosphoric ester groups is 1. The Morgan fingerprint density at radius 1 is 0.438 bits per heavy atom. The first kappa shape index (κ1) is 77.9. The quantitative estimate of drug-likeness (QED) is 0.0243. The smallest absolute Gasteiger partial charge is 0.387 e. The summed E-state index contributed by atoms with van der Waals surface area (Å²) in [5, 5.41) is 14.0. The third-order valence-electron chi connectivity index (χ3n) is 15.4. The molecule has 3 unspecified atom stereocenters. The molecule has 0 saturated carbocycles. The van der Waals surface area contributed by atoms with Crippen LogP contribution in [0.4, 0.5) is 0 Å². The van der Waals surface area contributed by atoms with Gasteiger partial charge in [-0.1, -0.05) is 324 Å². The lowest BCUT2D eigenvalue weighted by atomic mass is 10.0. The summed E-state index contributed by atoms with van der Waals surface area (Å²) in [6.07, 6.45) is 86.1. The van der Waals surface area contributed by atoms with Crippen LogP contribution in [0.3, 0.4) is 0 Å². The third-order valence-corrected chi connectivity index (χ3v) is 16.4. The second kappa shape index (κ2) is 61.5. The lowest BCUT2D eigenvalue weighted by Crippen LogP contribution is -2.45. The Morgan fingerprint density at radius 2 is 0.750 bits per heavy atom. The molecule has 0 aromatic carbocycles. The summed E-state index contributed by atoms with van der Waals surface area (Å²) in [5.41, 5.74) is 0. The molecule has 0 radical (unpaired) electrons. The number of amides is 1. The summed E-state index contributed by atoms with van der Waals surface area (Å²) in [6.45, 7) is 4.74. The first-order valence-electron chi connectivity index (χ1n) is 34.3. The van der Waals surface area contributed by atoms with E-state index in [1.165, 1.54) is 231 Å². The molecule has 3 atom stereocenters. The van der Waals surface area contributed by atoms with Crippen molar-refractivity contribution in [3.8, 4) is 0 Å². The predicted octanol–water partition coefficient (Wildman–Crippen LogP) is 21.8. The van der Waals surface area contributed by atoms with E-state index in [4.69, 9.17) is 9.05 Å². The van der Waals surface area contributed by atoms with Gasteiger partial charge in [0.25, 0.3) is 0 Å². The van der Waals surface area contributed by atoms with Gasteiger partial charge in [0.2, 0.25) is 5.91 Å². The van der Waals surface area contributed by atoms with Crippen molar-refractivity contribution in [1.82, 2.24) is 5.32 Å². The van der Waals surface area contributed by atoms with Gasteiger partial charge in [0.15, 0.2) is 0 Å². The number of rotatable bonds is 63. The summed E-state index contributed by atoms with van der Waals surface area (Å²) in [6, 6.07) is -0.849. The Hall–Kier alpha value is -2.06. The molecule has 0 aromatic heterocycles. The summed E-state index contributed by atoms with van der Waals surface area (Å²) in [7, 11) is 1.58. The minimum atomic E-state index is -4.35. The average molecular weight is 1140 g/mol. The van der Waals surface area contributed by atoms with Crippen molar-refractivity contribution in [3.63, 3.8) is 0 Å². The zero-order valence-corrected chi connectivity index (χ0v) is 54.5. The number of hydrogen-bond donors (Lipinski definition) is 3. The molecule has 3 N–H and O–H groups in total. The first-order chi connectivity index (χ1) is 39.0. The van der Waals surface area contributed by atoms with Crippen LogP contribution in [0, 0.1) is 0 Å². The van der Waals surface area contributed by atoms with Crippen molar-refractivity contribution in [2.24, 2.45) is 0 Å². The lowest BCUT2D eigenvalue weighted by molar-refractivity contribution is -0.870. The number of hydrogen-bond acceptors (Lipinski definition) is 5. The van der Waals surface area contributed by atoms with E-state index in [1.54, 1.807) is 6.08 Å². The number of nitrogens with one attached hydrogen (secondary N) is 1. The molecule has 0 aliphatic heterocycles. The van der Waals surface area contributed by atoms with Gasteiger partial charge >= 0.3 is 7.82 Å². The molecule has 8 nitrogen and oxygen atoms in total. The van der Waals surface area contributed by atoms with Gasteiger partial charge in [-0.15, -0.1) is 0 Å². The van der Waals surface area contributed by atoms with E-state index in [1.807, 2.05) is 27.2 Å². The number of likely N-dealkylation sites (N-methyl/N-ethyl adjacent to an activating group) is 1. The van der Waals surface area contributed by atoms with Crippen LogP contribution in [0.5, 0.6) is 0 Å². The van der Waals surface area contributed by atoms with Crippen LogP contribution >= 0.6 is 7.82 Å². The fourth-order valence-electron chi connectivity index (χ4n) is 10.1. The number of quaternary nitrogens is 1. The van der Waals surface area contributed by atoms with E-state index in [0.29, 0.717) is 17.4 Å². The van der Waals surface area contributed by atoms with Gasteiger partial charge < -0.3 is 19.8 Å². The molecule has 9 heteroatoms. The summed E-state index contributed by atoms with van der Waals surface area (Å²) in [5.74, 6) is -0.173. The molecule has 468 valence electrons. The zero-order chi connectivity index (χ0) is 58.4. The monoisotopic (exact) mass is 1140 g/mol. The van der Waals surface area contributed by atoms with E-state index >= 15 is 0 Å². The Morgan fingerprint density at radius 3 is 1.10 bits per heavy atom. The van der Waals surface area contributed by atoms with E-state index in [0.717, 1.165) is 70.6 Å². The van der Waals surface area contributed by atoms with Gasteiger partial charge in [-0.3, -0.25) is 13.8 Å². The minimum absolute atomic E-state index is 0.0616. The number of unbranched alkanes of at least 4 members (excludes halogenated alkanes) is 40. The average Bonchev–Trinajstić information content (AvgIpc) is 3.42. The van der Waals surface area contributed by atoms with Crippen LogP contribution in [0.15, 0.2) is 72.9 Å². The topological polar surface area (TPSA) is 105 Å². The van der Waals surface area contributed by atoms with Gasteiger partial charge in [-0.25, -0.2) is 4.57 Å². The van der Waals surface area contributed by atoms with Crippen molar-refractivity contribution in [2.75, 3.05) is 40.9 Å². The zero-order valence-electron chi connectivity index (χ0n) is 53.6. The maximum Gasteiger partial charge on any atom is 0.472 e. The van der Waals surface area contributed by atoms with Crippen molar-refractivity contribution < 1.29 is 32.9 Å². The van der Waals surface area contributed by atoms with Crippen LogP contribution < -0.4 is 5.32 Å². The second-order valence-electron chi connectivity index (χ2n) is 24.5. The molecule has 0 fully saturated rings. The molecule has 1 amide bonds. The number of carbonyl (C=O) groups is 1. The Kier molecular flexibility index (Phi) is 59.9. The SMILES string of the molecule is CC/C=C\C/C=C\C/C=C\C/C=C\C/C=C\CCCCCCCCCCCCCCCCCCCCCC(=O)NC(COP(=O)(O)OCC[N+](C)(C)C)C(O)/C=C/CCCCCCCCCCCCCCCCCCCCCCC. The minimum Gasteiger partial charge on any atom is -0.387 e. The number of phosphoric acid groups is 1. The molecule has 0 aliphatic rings. The molecular formula is C71H134N2O6P+. The summed E-state index contributed by atoms with van der Waals surface area (Å²) in [4.78, 5) is 23.4. The van der Waals surface area contributed by atoms with Crippen LogP contribution in [-0.2, 0) is 18.4 Å². The molecule has 0 aromatic rings. The van der Waals surface area contributed by atoms with Crippen molar-refractivity contribution >= 4 is 13.7 Å². The van der Waals surface area contributed by atoms with Crippen molar-refractivity contribution in [3.05, 3.63) is 72.9 Å². The highest BCUT2D eigenvalue weighted by molar-refractivity contribution is 7.47. The first-order valence-corrected chi connectivity index (χ1v) is 35.8. The standard InChI is InChI=1S/C71H133N2O6P/c1-6-8-10-12-14-16-18-20-22-24-26-28-30-31-32-33-34-35-36-37-38-39-40-41-43-45-47-49-51-53-55-57-59-61-63-65-71(75)72-69(68-79-80(76,77)78-67-66-73(3,4)5)70(74)64-62-60-58-56-54-52-50-48-46-44-42-29-27-25-23-21-19-17-15-13-11-9-7-2/h8,10,14,16,20,22,26,28,31-32,62,64,69-70,74H,6-7,9,11-13,15,17-19,21,23-25,27,29-30,33-61,63,65-68H2,1-5H3,(H-,72,75,76,77)/p+1/b10-8-,16-14-,22-20-,28-26-,32-31-,64-62+. The van der Waals surface area contributed by atoms with E-state index < -0.39 is 20.0 Å². The number of allylic oxidation sites excluding steroid dienone is 11. The van der Waals surface area contributed by atoms with Gasteiger partial charge in [-0.2, -0.15) is 0 Å². The number of nitrogens with zero attached hydrogens (tertiary/aromatic N) is 1. The highest BCUT2D eigenvalue weighted by atomic mass is 31.2. The maximum absolute atomic E-state index is 13.0. The molecule has 0 rings (SSSR count). The van der Waals surface area contributed by atoms with Gasteiger partial charge in [0, 0.05) is 6.42 Å². The van der Waals surface area contributed by atoms with Crippen LogP contribution in [0.2, 0.25) is 0 Å². The van der Waals surface area contributed by atoms with Gasteiger partial charge in [0.1, 0.15) is 13.2 Å². The Balaban J connectivity index is 4.04. The fourth-order valence-corrected chi connectivity index (χ4v) is 10.9. The van der Waals surface area contributed by atoms with Gasteiger partial charge in [-0.05, 0) is 64.2 Å². The van der Waals surface area contributed by atoms with Crippen LogP contribution in [-0.4, -0.2) is 73.4 Å². The molecule has 80 heavy (non-hydrogen) atoms. The highest BCUT2D eigenvalue weighted by Crippen LogP contribution is 2.43. The predicted molar refractivity (Wildman–Crippen MR) is 350 cm³/mol. The fraction of sp³-hybridized carbons (Fsp3) is 0.817. The Labute approximate surface area is 497 Å². The lowest BCUT2D eigenvalue weighted by Gasteiger charge is -2.25. The molecule has 0 saturated heterocycles. The van der Waals surface area contributed by atoms with Crippen LogP contribution in [0.25, 0.3) is 0 Å². The molecular weight excluding hydrogens is 1010 g/mol. The van der Waals surface area contributed by atoms with Crippen molar-refractivity contribution in [1.29, 1.82) is 0 Å². The summed E-state index contributed by atoms with van der Waals surface area (Å²) >= 11 is 0. The normalized spacial score (nSPS) is 14.1. The maximum atomic E-state index is 13.0. The molecule has 0 spiro atoms. The Bertz CT molecular complexity index is 1530. The largest absolute Gasteiger partial charge is 0.472 e. The van der Waals surface area contributed by atoms with E-state index in [9.17, 15) is 19.4 Å². The molecule has 0 bridgehead atoms. The second-order valence-corrected chi connectivity index (χ2v) is 26.0. The van der Waals surface area contributed by atoms with E-state index in [2.05, 4.69) is 79.9 Å². The van der Waals surface area contributed by atoms with Crippen LogP contribution in [0.1, 0.15) is 322 Å². The highest BCUT2D eigenvalue weighted by Gasteiger charge is 2.28. The number of aliphatic hydroxyl groups excluding tert-OH is 1. The van der Waals surface area contributed by atoms with E-state index in [-0.39, 0.29) is 19.1 Å². The van der Waals surface area contributed by atoms with Crippen molar-refractivity contribution in [2.45, 2.75) is 334 Å². The summed E-state index contributed by atoms with van der Waals surface area (Å²) < 4.78 is 23.8. The number of carbonyl (C=O) groups excluding carboxylic acids is 1. The molecule has 0 aliphatic carbocycles.